The van der Waals surface area contributed by atoms with Crippen molar-refractivity contribution in [2.75, 3.05) is 26.7 Å². The van der Waals surface area contributed by atoms with Crippen LogP contribution in [0, 0.1) is 19.8 Å². The molecule has 0 saturated heterocycles. The van der Waals surface area contributed by atoms with Gasteiger partial charge in [0.1, 0.15) is 0 Å². The molecule has 1 aromatic rings. The van der Waals surface area contributed by atoms with E-state index in [4.69, 9.17) is 4.74 Å². The summed E-state index contributed by atoms with van der Waals surface area (Å²) in [5.41, 5.74) is 2.30. The molecule has 2 N–H and O–H groups in total. The second-order valence-corrected chi connectivity index (χ2v) is 7.58. The van der Waals surface area contributed by atoms with Gasteiger partial charge in [-0.15, -0.1) is 0 Å². The van der Waals surface area contributed by atoms with E-state index in [9.17, 15) is 0 Å². The SMILES string of the molecule is CN=C(NCCCOC1CCCCC1)NCC(C)Cn1nc(C)cc1C. The highest BCUT2D eigenvalue weighted by Gasteiger charge is 2.13. The van der Waals surface area contributed by atoms with Gasteiger partial charge in [0, 0.05) is 39.0 Å². The Hall–Kier alpha value is -1.56. The summed E-state index contributed by atoms with van der Waals surface area (Å²) < 4.78 is 8.05. The minimum atomic E-state index is 0.473. The van der Waals surface area contributed by atoms with E-state index >= 15 is 0 Å². The van der Waals surface area contributed by atoms with Gasteiger partial charge in [0.15, 0.2) is 5.96 Å². The third kappa shape index (κ3) is 7.36. The van der Waals surface area contributed by atoms with E-state index in [1.54, 1.807) is 0 Å². The zero-order chi connectivity index (χ0) is 18.8. The van der Waals surface area contributed by atoms with Crippen LogP contribution in [0.5, 0.6) is 0 Å². The maximum Gasteiger partial charge on any atom is 0.190 e. The maximum absolute atomic E-state index is 5.97. The van der Waals surface area contributed by atoms with E-state index in [-0.39, 0.29) is 0 Å². The zero-order valence-electron chi connectivity index (χ0n) is 17.1. The second kappa shape index (κ2) is 11.2. The van der Waals surface area contributed by atoms with Crippen molar-refractivity contribution in [1.82, 2.24) is 20.4 Å². The number of guanidine groups is 1. The van der Waals surface area contributed by atoms with Crippen LogP contribution in [0.2, 0.25) is 0 Å². The Bertz CT molecular complexity index is 548. The second-order valence-electron chi connectivity index (χ2n) is 7.58. The van der Waals surface area contributed by atoms with Gasteiger partial charge in [0.05, 0.1) is 11.8 Å². The van der Waals surface area contributed by atoms with Crippen LogP contribution in [0.3, 0.4) is 0 Å². The van der Waals surface area contributed by atoms with E-state index in [0.717, 1.165) is 44.3 Å². The van der Waals surface area contributed by atoms with E-state index in [0.29, 0.717) is 12.0 Å². The quantitative estimate of drug-likeness (QED) is 0.402. The summed E-state index contributed by atoms with van der Waals surface area (Å²) >= 11 is 0. The first-order valence-electron chi connectivity index (χ1n) is 10.2. The van der Waals surface area contributed by atoms with Gasteiger partial charge in [-0.2, -0.15) is 5.10 Å². The molecule has 6 heteroatoms. The first kappa shape index (κ1) is 20.7. The molecule has 1 aliphatic rings. The number of hydrogen-bond acceptors (Lipinski definition) is 3. The number of nitrogens with one attached hydrogen (secondary N) is 2. The van der Waals surface area contributed by atoms with Crippen LogP contribution in [0.15, 0.2) is 11.1 Å². The Kier molecular flexibility index (Phi) is 8.95. The number of nitrogens with zero attached hydrogens (tertiary/aromatic N) is 3. The van der Waals surface area contributed by atoms with Crippen molar-refractivity contribution in [2.45, 2.75) is 71.9 Å². The first-order valence-corrected chi connectivity index (χ1v) is 10.2. The fraction of sp³-hybridized carbons (Fsp3) is 0.800. The van der Waals surface area contributed by atoms with E-state index in [1.807, 2.05) is 14.0 Å². The summed E-state index contributed by atoms with van der Waals surface area (Å²) in [4.78, 5) is 4.31. The van der Waals surface area contributed by atoms with Crippen LogP contribution in [0.1, 0.15) is 56.8 Å². The van der Waals surface area contributed by atoms with E-state index in [2.05, 4.69) is 45.3 Å². The lowest BCUT2D eigenvalue weighted by Crippen LogP contribution is -2.40. The summed E-state index contributed by atoms with van der Waals surface area (Å²) in [6, 6.07) is 2.12. The molecule has 1 aromatic heterocycles. The summed E-state index contributed by atoms with van der Waals surface area (Å²) in [5, 5.41) is 11.3. The van der Waals surface area contributed by atoms with Gasteiger partial charge in [0.25, 0.3) is 0 Å². The summed E-state index contributed by atoms with van der Waals surface area (Å²) in [6.07, 6.45) is 8.02. The number of rotatable bonds is 9. The van der Waals surface area contributed by atoms with Gasteiger partial charge in [0.2, 0.25) is 0 Å². The number of ether oxygens (including phenoxy) is 1. The molecule has 1 atom stereocenters. The molecule has 1 heterocycles. The monoisotopic (exact) mass is 363 g/mol. The largest absolute Gasteiger partial charge is 0.378 e. The third-order valence-corrected chi connectivity index (χ3v) is 4.95. The molecule has 0 bridgehead atoms. The van der Waals surface area contributed by atoms with Gasteiger partial charge in [-0.1, -0.05) is 26.2 Å². The number of aryl methyl sites for hydroxylation is 2. The molecule has 148 valence electrons. The predicted molar refractivity (Wildman–Crippen MR) is 108 cm³/mol. The van der Waals surface area contributed by atoms with Crippen LogP contribution in [-0.4, -0.2) is 48.6 Å². The molecule has 0 aliphatic heterocycles. The topological polar surface area (TPSA) is 63.5 Å². The highest BCUT2D eigenvalue weighted by molar-refractivity contribution is 5.79. The summed E-state index contributed by atoms with van der Waals surface area (Å²) in [5.74, 6) is 1.34. The smallest absolute Gasteiger partial charge is 0.190 e. The van der Waals surface area contributed by atoms with Crippen molar-refractivity contribution >= 4 is 5.96 Å². The van der Waals surface area contributed by atoms with Crippen molar-refractivity contribution in [3.05, 3.63) is 17.5 Å². The standard InChI is InChI=1S/C20H37N5O/c1-16(15-25-18(3)13-17(2)24-25)14-23-20(21-4)22-11-8-12-26-19-9-6-5-7-10-19/h13,16,19H,5-12,14-15H2,1-4H3,(H2,21,22,23). The average molecular weight is 364 g/mol. The lowest BCUT2D eigenvalue weighted by Gasteiger charge is -2.22. The number of hydrogen-bond donors (Lipinski definition) is 2. The third-order valence-electron chi connectivity index (χ3n) is 4.95. The minimum absolute atomic E-state index is 0.473. The van der Waals surface area contributed by atoms with Crippen LogP contribution in [0.4, 0.5) is 0 Å². The van der Waals surface area contributed by atoms with Crippen molar-refractivity contribution < 1.29 is 4.74 Å². The van der Waals surface area contributed by atoms with E-state index in [1.165, 1.54) is 37.8 Å². The Morgan fingerprint density at radius 2 is 2.08 bits per heavy atom. The number of aromatic nitrogens is 2. The van der Waals surface area contributed by atoms with Crippen LogP contribution in [-0.2, 0) is 11.3 Å². The predicted octanol–water partition coefficient (Wildman–Crippen LogP) is 3.04. The molecule has 1 saturated carbocycles. The fourth-order valence-corrected chi connectivity index (χ4v) is 3.47. The molecule has 6 nitrogen and oxygen atoms in total. The zero-order valence-corrected chi connectivity index (χ0v) is 17.1. The van der Waals surface area contributed by atoms with Gasteiger partial charge in [-0.25, -0.2) is 0 Å². The van der Waals surface area contributed by atoms with E-state index < -0.39 is 0 Å². The Labute approximate surface area is 158 Å². The maximum atomic E-state index is 5.97. The van der Waals surface area contributed by atoms with Gasteiger partial charge >= 0.3 is 0 Å². The Morgan fingerprint density at radius 1 is 1.31 bits per heavy atom. The van der Waals surface area contributed by atoms with Crippen LogP contribution < -0.4 is 10.6 Å². The molecule has 0 aromatic carbocycles. The molecule has 26 heavy (non-hydrogen) atoms. The van der Waals surface area contributed by atoms with Crippen molar-refractivity contribution in [3.63, 3.8) is 0 Å². The first-order chi connectivity index (χ1) is 12.6. The Balaban J connectivity index is 1.57. The van der Waals surface area contributed by atoms with Crippen LogP contribution >= 0.6 is 0 Å². The fourth-order valence-electron chi connectivity index (χ4n) is 3.47. The minimum Gasteiger partial charge on any atom is -0.378 e. The highest BCUT2D eigenvalue weighted by atomic mass is 16.5. The van der Waals surface area contributed by atoms with Gasteiger partial charge < -0.3 is 15.4 Å². The average Bonchev–Trinajstić information content (AvgIpc) is 2.95. The van der Waals surface area contributed by atoms with Gasteiger partial charge in [-0.05, 0) is 45.1 Å². The highest BCUT2D eigenvalue weighted by Crippen LogP contribution is 2.20. The van der Waals surface area contributed by atoms with Crippen molar-refractivity contribution in [2.24, 2.45) is 10.9 Å². The normalized spacial score (nSPS) is 17.3. The molecule has 1 unspecified atom stereocenters. The molecule has 1 aliphatic carbocycles. The van der Waals surface area contributed by atoms with Crippen molar-refractivity contribution in [1.29, 1.82) is 0 Å². The number of aliphatic imine (C=N–C) groups is 1. The molecular formula is C20H37N5O. The Morgan fingerprint density at radius 3 is 2.73 bits per heavy atom. The molecule has 0 spiro atoms. The van der Waals surface area contributed by atoms with Crippen LogP contribution in [0.25, 0.3) is 0 Å². The molecule has 0 radical (unpaired) electrons. The summed E-state index contributed by atoms with van der Waals surface area (Å²) in [7, 11) is 1.82. The van der Waals surface area contributed by atoms with Crippen molar-refractivity contribution in [3.8, 4) is 0 Å². The molecule has 0 amide bonds. The lowest BCUT2D eigenvalue weighted by molar-refractivity contribution is 0.0277. The lowest BCUT2D eigenvalue weighted by atomic mass is 9.98. The molecule has 1 fully saturated rings. The molecular weight excluding hydrogens is 326 g/mol. The van der Waals surface area contributed by atoms with Gasteiger partial charge in [-0.3, -0.25) is 9.67 Å². The molecule has 2 rings (SSSR count). The summed E-state index contributed by atoms with van der Waals surface area (Å²) in [6.45, 7) is 9.89.